The Morgan fingerprint density at radius 1 is 1.28 bits per heavy atom. The van der Waals surface area contributed by atoms with Crippen LogP contribution < -0.4 is 0 Å². The first-order chi connectivity index (χ1) is 14.8. The molecule has 2 aromatic rings. The zero-order valence-electron chi connectivity index (χ0n) is 18.0. The number of imidazole rings is 1. The fraction of sp³-hybridized carbons (Fsp3) is 0.545. The molecule has 2 unspecified atom stereocenters. The zero-order valence-corrected chi connectivity index (χ0v) is 19.6. The number of carbonyl (C=O) groups excluding carboxylic acids is 1. The van der Waals surface area contributed by atoms with Crippen molar-refractivity contribution in [1.29, 1.82) is 0 Å². The van der Waals surface area contributed by atoms with Crippen LogP contribution in [0, 0.1) is 5.92 Å². The first kappa shape index (κ1) is 22.9. The molecule has 1 aliphatic heterocycles. The van der Waals surface area contributed by atoms with Gasteiger partial charge in [-0.2, -0.15) is 17.9 Å². The zero-order chi connectivity index (χ0) is 23.5. The van der Waals surface area contributed by atoms with Crippen molar-refractivity contribution in [1.82, 2.24) is 14.6 Å². The molecule has 2 aliphatic rings. The van der Waals surface area contributed by atoms with Gasteiger partial charge >= 0.3 is 12.3 Å². The topological polar surface area (TPSA) is 67.6 Å². The van der Waals surface area contributed by atoms with E-state index >= 15 is 0 Å². The maximum atomic E-state index is 13.0. The summed E-state index contributed by atoms with van der Waals surface area (Å²) >= 11 is 3.35. The second-order valence-corrected chi connectivity index (χ2v) is 10.3. The second-order valence-electron chi connectivity index (χ2n) is 9.41. The third-order valence-corrected chi connectivity index (χ3v) is 6.50. The molecule has 32 heavy (non-hydrogen) atoms. The first-order valence-electron chi connectivity index (χ1n) is 10.5. The van der Waals surface area contributed by atoms with Crippen molar-refractivity contribution < 1.29 is 27.9 Å². The fourth-order valence-electron chi connectivity index (χ4n) is 4.49. The van der Waals surface area contributed by atoms with Crippen LogP contribution >= 0.6 is 15.9 Å². The monoisotopic (exact) mass is 515 g/mol. The highest BCUT2D eigenvalue weighted by molar-refractivity contribution is 9.10. The van der Waals surface area contributed by atoms with Crippen LogP contribution in [0.4, 0.5) is 18.0 Å². The van der Waals surface area contributed by atoms with Crippen LogP contribution in [-0.2, 0) is 16.7 Å². The number of halogens is 4. The Hall–Kier alpha value is -2.23. The van der Waals surface area contributed by atoms with Gasteiger partial charge in [-0.3, -0.25) is 4.90 Å². The Balaban J connectivity index is 1.76. The van der Waals surface area contributed by atoms with Crippen molar-refractivity contribution in [2.75, 3.05) is 6.54 Å². The minimum Gasteiger partial charge on any atom is -0.444 e. The maximum absolute atomic E-state index is 13.0. The number of amides is 1. The Kier molecular flexibility index (Phi) is 5.50. The van der Waals surface area contributed by atoms with Gasteiger partial charge in [-0.1, -0.05) is 28.1 Å². The molecule has 1 aliphatic carbocycles. The summed E-state index contributed by atoms with van der Waals surface area (Å²) in [5.74, 6) is 0.275. The average Bonchev–Trinajstić information content (AvgIpc) is 3.10. The average molecular weight is 516 g/mol. The highest BCUT2D eigenvalue weighted by atomic mass is 79.9. The number of piperidine rings is 1. The molecule has 2 atom stereocenters. The molecule has 6 nitrogen and oxygen atoms in total. The summed E-state index contributed by atoms with van der Waals surface area (Å²) in [5, 5.41) is 11.0. The van der Waals surface area contributed by atoms with Gasteiger partial charge in [0.25, 0.3) is 0 Å². The molecule has 1 saturated heterocycles. The molecular weight excluding hydrogens is 491 g/mol. The van der Waals surface area contributed by atoms with E-state index in [2.05, 4.69) is 20.9 Å². The number of alkyl halides is 3. The van der Waals surface area contributed by atoms with E-state index in [1.807, 2.05) is 0 Å². The Labute approximate surface area is 192 Å². The van der Waals surface area contributed by atoms with Crippen molar-refractivity contribution in [3.8, 4) is 11.3 Å². The Morgan fingerprint density at radius 2 is 1.94 bits per heavy atom. The van der Waals surface area contributed by atoms with E-state index in [0.29, 0.717) is 18.5 Å². The van der Waals surface area contributed by atoms with E-state index in [4.69, 9.17) is 4.74 Å². The van der Waals surface area contributed by atoms with Gasteiger partial charge in [0.15, 0.2) is 5.82 Å². The van der Waals surface area contributed by atoms with Gasteiger partial charge in [-0.15, -0.1) is 0 Å². The van der Waals surface area contributed by atoms with Crippen LogP contribution in [0.2, 0.25) is 0 Å². The summed E-state index contributed by atoms with van der Waals surface area (Å²) in [6.07, 6.45) is -5.10. The predicted molar refractivity (Wildman–Crippen MR) is 114 cm³/mol. The van der Waals surface area contributed by atoms with Crippen LogP contribution in [-0.4, -0.2) is 44.2 Å². The quantitative estimate of drug-likeness (QED) is 0.514. The van der Waals surface area contributed by atoms with Crippen LogP contribution in [0.15, 0.2) is 28.7 Å². The van der Waals surface area contributed by atoms with Crippen LogP contribution in [0.5, 0.6) is 0 Å². The lowest BCUT2D eigenvalue weighted by Gasteiger charge is -2.30. The van der Waals surface area contributed by atoms with E-state index in [9.17, 15) is 23.2 Å². The van der Waals surface area contributed by atoms with E-state index in [1.165, 1.54) is 0 Å². The highest BCUT2D eigenvalue weighted by Crippen LogP contribution is 2.62. The SMILES string of the molecule is CC(C)(C)OC(=O)N1CCC2CC21c1nc(-c2ccc(Br)cc2)c(CCC(F)(F)F)n1O. The standard InChI is InChI=1S/C22H25BrF3N3O3/c1-20(2,3)32-19(30)28-11-9-14-12-21(14,28)18-27-17(13-4-6-15(23)7-5-13)16(29(18)31)8-10-22(24,25)26/h4-7,14,31H,8-12H2,1-3H3. The third kappa shape index (κ3) is 4.21. The number of likely N-dealkylation sites (tertiary alicyclic amines) is 1. The number of benzene rings is 1. The predicted octanol–water partition coefficient (Wildman–Crippen LogP) is 5.90. The van der Waals surface area contributed by atoms with Crippen molar-refractivity contribution >= 4 is 22.0 Å². The largest absolute Gasteiger partial charge is 0.444 e. The van der Waals surface area contributed by atoms with Gasteiger partial charge in [-0.05, 0) is 51.7 Å². The summed E-state index contributed by atoms with van der Waals surface area (Å²) in [5.41, 5.74) is -0.598. The Bertz CT molecular complexity index is 1030. The number of nitrogens with zero attached hydrogens (tertiary/aromatic N) is 3. The number of rotatable bonds is 4. The van der Waals surface area contributed by atoms with Gasteiger partial charge < -0.3 is 9.94 Å². The molecule has 2 fully saturated rings. The molecule has 174 valence electrons. The fourth-order valence-corrected chi connectivity index (χ4v) is 4.75. The number of ether oxygens (including phenoxy) is 1. The summed E-state index contributed by atoms with van der Waals surface area (Å²) in [6, 6.07) is 6.99. The smallest absolute Gasteiger partial charge is 0.411 e. The summed E-state index contributed by atoms with van der Waals surface area (Å²) in [6.45, 7) is 5.75. The number of fused-ring (bicyclic) bond motifs is 1. The van der Waals surface area contributed by atoms with Gasteiger partial charge in [0.1, 0.15) is 11.1 Å². The number of carbonyl (C=O) groups is 1. The lowest BCUT2D eigenvalue weighted by molar-refractivity contribution is -0.134. The van der Waals surface area contributed by atoms with Crippen molar-refractivity contribution in [3.63, 3.8) is 0 Å². The molecule has 0 radical (unpaired) electrons. The van der Waals surface area contributed by atoms with E-state index in [-0.39, 0.29) is 23.1 Å². The number of aromatic nitrogens is 2. The minimum atomic E-state index is -4.38. The number of hydrogen-bond acceptors (Lipinski definition) is 4. The van der Waals surface area contributed by atoms with Gasteiger partial charge in [0.2, 0.25) is 0 Å². The van der Waals surface area contributed by atoms with E-state index in [1.54, 1.807) is 49.9 Å². The van der Waals surface area contributed by atoms with E-state index in [0.717, 1.165) is 15.6 Å². The number of hydrogen-bond donors (Lipinski definition) is 1. The summed E-state index contributed by atoms with van der Waals surface area (Å²) in [4.78, 5) is 19.1. The summed E-state index contributed by atoms with van der Waals surface area (Å²) in [7, 11) is 0. The van der Waals surface area contributed by atoms with Gasteiger partial charge in [0, 0.05) is 29.4 Å². The van der Waals surface area contributed by atoms with E-state index < -0.39 is 36.3 Å². The van der Waals surface area contributed by atoms with Gasteiger partial charge in [0.05, 0.1) is 11.4 Å². The molecule has 4 rings (SSSR count). The van der Waals surface area contributed by atoms with Crippen molar-refractivity contribution in [3.05, 3.63) is 40.3 Å². The first-order valence-corrected chi connectivity index (χ1v) is 11.3. The second kappa shape index (κ2) is 7.67. The lowest BCUT2D eigenvalue weighted by Crippen LogP contribution is -2.43. The molecule has 1 saturated carbocycles. The molecule has 1 aromatic carbocycles. The highest BCUT2D eigenvalue weighted by Gasteiger charge is 2.68. The van der Waals surface area contributed by atoms with Crippen molar-refractivity contribution in [2.45, 2.75) is 63.8 Å². The third-order valence-electron chi connectivity index (χ3n) is 5.97. The molecule has 1 amide bonds. The van der Waals surface area contributed by atoms with Crippen LogP contribution in [0.1, 0.15) is 51.6 Å². The molecule has 10 heteroatoms. The van der Waals surface area contributed by atoms with Gasteiger partial charge in [-0.25, -0.2) is 9.78 Å². The molecule has 2 heterocycles. The summed E-state index contributed by atoms with van der Waals surface area (Å²) < 4.78 is 46.1. The van der Waals surface area contributed by atoms with Crippen LogP contribution in [0.3, 0.4) is 0 Å². The van der Waals surface area contributed by atoms with Crippen LogP contribution in [0.25, 0.3) is 11.3 Å². The Morgan fingerprint density at radius 3 is 2.50 bits per heavy atom. The normalized spacial score (nSPS) is 22.7. The lowest BCUT2D eigenvalue weighted by atomic mass is 10.1. The molecular formula is C22H25BrF3N3O3. The molecule has 0 bridgehead atoms. The molecule has 1 N–H and O–H groups in total. The minimum absolute atomic E-state index is 0.0794. The molecule has 1 aromatic heterocycles. The molecule has 0 spiro atoms. The van der Waals surface area contributed by atoms with Crippen molar-refractivity contribution in [2.24, 2.45) is 5.92 Å². The maximum Gasteiger partial charge on any atom is 0.411 e.